The fraction of sp³-hybridized carbons (Fsp3) is 0.619. The molecule has 0 saturated carbocycles. The number of pyridine rings is 1. The molecule has 0 radical (unpaired) electrons. The number of alkyl halides is 3. The molecule has 0 aromatic carbocycles. The lowest BCUT2D eigenvalue weighted by atomic mass is 9.96. The molecule has 2 aromatic rings. The zero-order valence-electron chi connectivity index (χ0n) is 18.8. The first-order chi connectivity index (χ1) is 16.0. The van der Waals surface area contributed by atoms with Crippen LogP contribution in [0.15, 0.2) is 6.07 Å². The van der Waals surface area contributed by atoms with Crippen LogP contribution in [0.5, 0.6) is 11.8 Å². The molecule has 2 fully saturated rings. The minimum absolute atomic E-state index is 0.0740. The van der Waals surface area contributed by atoms with E-state index in [0.717, 1.165) is 17.5 Å². The second-order valence-electron chi connectivity index (χ2n) is 8.85. The van der Waals surface area contributed by atoms with E-state index in [-0.39, 0.29) is 48.7 Å². The normalized spacial score (nSPS) is 18.9. The molecule has 34 heavy (non-hydrogen) atoms. The second-order valence-corrected chi connectivity index (χ2v) is 8.85. The van der Waals surface area contributed by atoms with Crippen molar-refractivity contribution < 1.29 is 37.4 Å². The molecule has 0 unspecified atom stereocenters. The van der Waals surface area contributed by atoms with Crippen molar-refractivity contribution in [2.24, 2.45) is 11.8 Å². The fourth-order valence-corrected chi connectivity index (χ4v) is 4.26. The smallest absolute Gasteiger partial charge is 0.493 e. The van der Waals surface area contributed by atoms with Crippen LogP contribution in [0.1, 0.15) is 38.2 Å². The molecular formula is C21H26F3N5O5. The van der Waals surface area contributed by atoms with Gasteiger partial charge in [-0.25, -0.2) is 9.59 Å². The van der Waals surface area contributed by atoms with Crippen molar-refractivity contribution >= 4 is 23.2 Å². The molecule has 186 valence electrons. The standard InChI is InChI=1S/C21H26F3N5O5/c1-12-3-9-28(10-4-12)34-20(32)33-18-16-13(2)11-15(30)25-17(16)29(26-18)19(31)27-7-5-14(6-8-27)21(22,23)24/h11-12,14H,3-10H2,1-2H3,(H,25,30). The van der Waals surface area contributed by atoms with Gasteiger partial charge in [0.05, 0.1) is 11.3 Å². The number of aromatic nitrogens is 3. The quantitative estimate of drug-likeness (QED) is 0.639. The molecule has 2 aliphatic rings. The number of rotatable bonds is 2. The van der Waals surface area contributed by atoms with Crippen LogP contribution in [-0.2, 0) is 4.84 Å². The Morgan fingerprint density at radius 2 is 1.76 bits per heavy atom. The molecule has 2 saturated heterocycles. The third kappa shape index (κ3) is 5.03. The van der Waals surface area contributed by atoms with Crippen LogP contribution in [-0.4, -0.2) is 74.4 Å². The van der Waals surface area contributed by atoms with Gasteiger partial charge in [-0.3, -0.25) is 0 Å². The van der Waals surface area contributed by atoms with Gasteiger partial charge in [0.1, 0.15) is 0 Å². The number of piperidine rings is 2. The van der Waals surface area contributed by atoms with Crippen LogP contribution >= 0.6 is 0 Å². The van der Waals surface area contributed by atoms with Crippen LogP contribution in [0.25, 0.3) is 11.0 Å². The molecule has 2 aliphatic heterocycles. The third-order valence-electron chi connectivity index (χ3n) is 6.33. The van der Waals surface area contributed by atoms with E-state index >= 15 is 0 Å². The number of fused-ring (bicyclic) bond motifs is 1. The number of hydrogen-bond donors (Lipinski definition) is 1. The molecule has 0 aliphatic carbocycles. The van der Waals surface area contributed by atoms with E-state index in [1.807, 2.05) is 0 Å². The average molecular weight is 485 g/mol. The number of hydroxylamine groups is 2. The van der Waals surface area contributed by atoms with Crippen molar-refractivity contribution in [1.82, 2.24) is 24.7 Å². The molecule has 1 amide bonds. The first-order valence-corrected chi connectivity index (χ1v) is 11.1. The first-order valence-electron chi connectivity index (χ1n) is 11.1. The summed E-state index contributed by atoms with van der Waals surface area (Å²) in [6.45, 7) is 4.61. The van der Waals surface area contributed by atoms with Crippen molar-refractivity contribution in [3.8, 4) is 11.8 Å². The van der Waals surface area contributed by atoms with Crippen LogP contribution in [0.4, 0.5) is 22.8 Å². The molecule has 0 bridgehead atoms. The highest BCUT2D eigenvalue weighted by Gasteiger charge is 2.42. The second kappa shape index (κ2) is 9.28. The molecule has 1 N–H and O–H groups in total. The Labute approximate surface area is 193 Å². The minimum atomic E-state index is -4.31. The summed E-state index contributed by atoms with van der Waals surface area (Å²) in [6, 6.07) is 0.592. The molecule has 13 heteroatoms. The number of halogens is 3. The summed E-state index contributed by atoms with van der Waals surface area (Å²) in [4.78, 5) is 35.9. The Morgan fingerprint density at radius 3 is 2.38 bits per heavy atom. The van der Waals surface area contributed by atoms with Gasteiger partial charge in [0, 0.05) is 32.2 Å². The van der Waals surface area contributed by atoms with Gasteiger partial charge in [-0.1, -0.05) is 6.92 Å². The number of hydrogen-bond acceptors (Lipinski definition) is 8. The van der Waals surface area contributed by atoms with Gasteiger partial charge in [0.15, 0.2) is 5.65 Å². The van der Waals surface area contributed by atoms with Gasteiger partial charge in [0.25, 0.3) is 5.88 Å². The summed E-state index contributed by atoms with van der Waals surface area (Å²) in [5.74, 6) is -1.56. The monoisotopic (exact) mass is 485 g/mol. The summed E-state index contributed by atoms with van der Waals surface area (Å²) in [6.07, 6.45) is -4.07. The van der Waals surface area contributed by atoms with Crippen molar-refractivity contribution in [2.45, 2.75) is 45.7 Å². The summed E-state index contributed by atoms with van der Waals surface area (Å²) in [5.41, 5.74) is 0.363. The largest absolute Gasteiger partial charge is 0.534 e. The third-order valence-corrected chi connectivity index (χ3v) is 6.33. The van der Waals surface area contributed by atoms with E-state index in [1.165, 1.54) is 16.0 Å². The predicted molar refractivity (Wildman–Crippen MR) is 112 cm³/mol. The molecule has 4 rings (SSSR count). The van der Waals surface area contributed by atoms with E-state index < -0.39 is 24.3 Å². The first kappa shape index (κ1) is 24.0. The number of amides is 1. The van der Waals surface area contributed by atoms with Gasteiger partial charge >= 0.3 is 18.4 Å². The van der Waals surface area contributed by atoms with E-state index in [0.29, 0.717) is 24.6 Å². The number of aromatic hydroxyl groups is 1. The maximum atomic E-state index is 13.1. The van der Waals surface area contributed by atoms with E-state index in [9.17, 15) is 27.9 Å². The maximum absolute atomic E-state index is 13.1. The summed E-state index contributed by atoms with van der Waals surface area (Å²) < 4.78 is 45.1. The predicted octanol–water partition coefficient (Wildman–Crippen LogP) is 3.85. The highest BCUT2D eigenvalue weighted by molar-refractivity contribution is 5.94. The Bertz CT molecular complexity index is 1070. The molecule has 0 spiro atoms. The van der Waals surface area contributed by atoms with Gasteiger partial charge in [-0.2, -0.15) is 22.8 Å². The molecule has 2 aromatic heterocycles. The van der Waals surface area contributed by atoms with E-state index in [4.69, 9.17) is 9.57 Å². The number of nitrogens with zero attached hydrogens (tertiary/aromatic N) is 5. The lowest BCUT2D eigenvalue weighted by molar-refractivity contribution is -0.183. The van der Waals surface area contributed by atoms with E-state index in [2.05, 4.69) is 17.0 Å². The highest BCUT2D eigenvalue weighted by Crippen LogP contribution is 2.35. The van der Waals surface area contributed by atoms with Crippen molar-refractivity contribution in [2.75, 3.05) is 26.2 Å². The van der Waals surface area contributed by atoms with Gasteiger partial charge in [-0.05, 0) is 44.1 Å². The van der Waals surface area contributed by atoms with Crippen LogP contribution in [0, 0.1) is 18.8 Å². The van der Waals surface area contributed by atoms with Crippen molar-refractivity contribution in [3.05, 3.63) is 11.6 Å². The number of carbonyl (C=O) groups is 2. The van der Waals surface area contributed by atoms with Crippen LogP contribution in [0.3, 0.4) is 0 Å². The fourth-order valence-electron chi connectivity index (χ4n) is 4.26. The lowest BCUT2D eigenvalue weighted by Gasteiger charge is -2.32. The minimum Gasteiger partial charge on any atom is -0.493 e. The summed E-state index contributed by atoms with van der Waals surface area (Å²) in [7, 11) is 0. The van der Waals surface area contributed by atoms with Gasteiger partial charge in [0.2, 0.25) is 5.88 Å². The lowest BCUT2D eigenvalue weighted by Crippen LogP contribution is -2.44. The summed E-state index contributed by atoms with van der Waals surface area (Å²) >= 11 is 0. The van der Waals surface area contributed by atoms with Crippen LogP contribution < -0.4 is 4.74 Å². The molecular weight excluding hydrogens is 459 g/mol. The number of aryl methyl sites for hydroxylation is 1. The zero-order valence-corrected chi connectivity index (χ0v) is 18.8. The molecule has 4 heterocycles. The Kier molecular flexibility index (Phi) is 6.56. The van der Waals surface area contributed by atoms with Crippen molar-refractivity contribution in [3.63, 3.8) is 0 Å². The zero-order chi connectivity index (χ0) is 24.6. The van der Waals surface area contributed by atoms with Crippen LogP contribution in [0.2, 0.25) is 0 Å². The van der Waals surface area contributed by atoms with Gasteiger partial charge < -0.3 is 19.6 Å². The van der Waals surface area contributed by atoms with Crippen molar-refractivity contribution in [1.29, 1.82) is 0 Å². The Morgan fingerprint density at radius 1 is 1.12 bits per heavy atom. The topological polar surface area (TPSA) is 110 Å². The van der Waals surface area contributed by atoms with E-state index in [1.54, 1.807) is 6.92 Å². The SMILES string of the molecule is Cc1cc(O)nc2c1c(OC(=O)ON1CCC(C)CC1)nn2C(=O)N1CCC(C(F)(F)F)CC1. The highest BCUT2D eigenvalue weighted by atomic mass is 19.4. The Hall–Kier alpha value is -3.09. The molecule has 0 atom stereocenters. The summed E-state index contributed by atoms with van der Waals surface area (Å²) in [5, 5.41) is 15.7. The van der Waals surface area contributed by atoms with Gasteiger partial charge in [-0.15, -0.1) is 10.2 Å². The number of likely N-dealkylation sites (tertiary alicyclic amines) is 1. The number of ether oxygens (including phenoxy) is 1. The molecule has 10 nitrogen and oxygen atoms in total. The maximum Gasteiger partial charge on any atom is 0.534 e. The number of carbonyl (C=O) groups excluding carboxylic acids is 2. The Balaban J connectivity index is 1.55. The average Bonchev–Trinajstić information content (AvgIpc) is 3.12.